The summed E-state index contributed by atoms with van der Waals surface area (Å²) in [6, 6.07) is 4.36. The van der Waals surface area contributed by atoms with E-state index in [-0.39, 0.29) is 5.75 Å². The normalized spacial score (nSPS) is 12.4. The largest absolute Gasteiger partial charge is 0.872 e. The first kappa shape index (κ1) is 8.55. The van der Waals surface area contributed by atoms with E-state index < -0.39 is 12.0 Å². The molecule has 0 heterocycles. The number of rotatable bonds is 2. The van der Waals surface area contributed by atoms with Crippen LogP contribution in [0.1, 0.15) is 11.6 Å². The van der Waals surface area contributed by atoms with Crippen molar-refractivity contribution in [2.24, 2.45) is 5.73 Å². The van der Waals surface area contributed by atoms with Crippen LogP contribution in [-0.4, -0.2) is 11.1 Å². The summed E-state index contributed by atoms with van der Waals surface area (Å²) in [6.07, 6.45) is 0. The molecule has 4 heteroatoms. The van der Waals surface area contributed by atoms with E-state index in [4.69, 9.17) is 10.8 Å². The van der Waals surface area contributed by atoms with E-state index in [9.17, 15) is 9.90 Å². The Hall–Kier alpha value is -1.55. The van der Waals surface area contributed by atoms with Gasteiger partial charge in [0.25, 0.3) is 0 Å². The molecule has 1 aromatic rings. The molecule has 0 aromatic heterocycles. The van der Waals surface area contributed by atoms with Crippen LogP contribution in [0.2, 0.25) is 0 Å². The maximum Gasteiger partial charge on any atom is 0.325 e. The van der Waals surface area contributed by atoms with Crippen LogP contribution in [0, 0.1) is 0 Å². The lowest BCUT2D eigenvalue weighted by atomic mass is 10.1. The van der Waals surface area contributed by atoms with E-state index in [2.05, 4.69) is 0 Å². The molecule has 3 N–H and O–H groups in total. The molecule has 0 aliphatic carbocycles. The fourth-order valence-electron chi connectivity index (χ4n) is 0.818. The number of nitrogens with two attached hydrogens (primary N) is 1. The van der Waals surface area contributed by atoms with Gasteiger partial charge in [0.15, 0.2) is 0 Å². The number of carbonyl (C=O) groups is 1. The third-order valence-corrected chi connectivity index (χ3v) is 1.51. The quantitative estimate of drug-likeness (QED) is 0.639. The number of benzene rings is 1. The molecule has 1 rings (SSSR count). The molecule has 0 aliphatic heterocycles. The zero-order valence-electron chi connectivity index (χ0n) is 6.23. The molecule has 64 valence electrons. The average Bonchev–Trinajstić information content (AvgIpc) is 2.04. The lowest BCUT2D eigenvalue weighted by Gasteiger charge is -2.09. The van der Waals surface area contributed by atoms with Gasteiger partial charge in [0.2, 0.25) is 0 Å². The Morgan fingerprint density at radius 3 is 2.33 bits per heavy atom. The molecule has 1 atom stereocenters. The van der Waals surface area contributed by atoms with Gasteiger partial charge in [0.1, 0.15) is 6.04 Å². The minimum Gasteiger partial charge on any atom is -0.872 e. The lowest BCUT2D eigenvalue weighted by molar-refractivity contribution is -0.268. The number of hydrogen-bond acceptors (Lipinski definition) is 3. The Morgan fingerprint density at radius 1 is 1.42 bits per heavy atom. The van der Waals surface area contributed by atoms with Crippen LogP contribution in [0.4, 0.5) is 0 Å². The molecule has 0 unspecified atom stereocenters. The molecule has 0 radical (unpaired) electrons. The summed E-state index contributed by atoms with van der Waals surface area (Å²) in [5.41, 5.74) is 5.72. The van der Waals surface area contributed by atoms with Crippen molar-refractivity contribution in [2.45, 2.75) is 6.04 Å². The van der Waals surface area contributed by atoms with Gasteiger partial charge >= 0.3 is 5.97 Å². The average molecular weight is 166 g/mol. The third-order valence-electron chi connectivity index (χ3n) is 1.51. The first-order chi connectivity index (χ1) is 5.61. The highest BCUT2D eigenvalue weighted by atomic mass is 16.4. The van der Waals surface area contributed by atoms with Crippen LogP contribution in [0.3, 0.4) is 0 Å². The second-order valence-corrected chi connectivity index (χ2v) is 2.38. The van der Waals surface area contributed by atoms with Gasteiger partial charge in [0.05, 0.1) is 0 Å². The van der Waals surface area contributed by atoms with Crippen molar-refractivity contribution in [3.05, 3.63) is 29.8 Å². The second kappa shape index (κ2) is 3.23. The molecule has 1 aromatic carbocycles. The molecule has 0 saturated carbocycles. The van der Waals surface area contributed by atoms with E-state index in [0.717, 1.165) is 0 Å². The van der Waals surface area contributed by atoms with Crippen LogP contribution in [0.15, 0.2) is 24.3 Å². The molecule has 4 nitrogen and oxygen atoms in total. The molecule has 0 aliphatic rings. The van der Waals surface area contributed by atoms with Gasteiger partial charge in [0, 0.05) is 0 Å². The zero-order chi connectivity index (χ0) is 9.14. The van der Waals surface area contributed by atoms with Crippen LogP contribution in [0.25, 0.3) is 0 Å². The zero-order valence-corrected chi connectivity index (χ0v) is 6.23. The van der Waals surface area contributed by atoms with E-state index in [1.165, 1.54) is 24.3 Å². The summed E-state index contributed by atoms with van der Waals surface area (Å²) in [4.78, 5) is 10.4. The molecular formula is C8H8NO3-. The minimum absolute atomic E-state index is 0.156. The highest BCUT2D eigenvalue weighted by Gasteiger charge is 2.12. The second-order valence-electron chi connectivity index (χ2n) is 2.38. The van der Waals surface area contributed by atoms with Crippen molar-refractivity contribution >= 4 is 5.97 Å². The third kappa shape index (κ3) is 1.73. The van der Waals surface area contributed by atoms with Gasteiger partial charge in [-0.15, -0.1) is 5.75 Å². The van der Waals surface area contributed by atoms with Crippen LogP contribution in [-0.2, 0) is 4.79 Å². The Kier molecular flexibility index (Phi) is 2.30. The van der Waals surface area contributed by atoms with Gasteiger partial charge in [-0.2, -0.15) is 0 Å². The van der Waals surface area contributed by atoms with Gasteiger partial charge in [-0.25, -0.2) is 0 Å². The number of carboxylic acid groups (broad SMARTS) is 1. The molecule has 0 spiro atoms. The Balaban J connectivity index is 2.89. The molecule has 0 fully saturated rings. The van der Waals surface area contributed by atoms with E-state index in [1.807, 2.05) is 0 Å². The predicted octanol–water partition coefficient (Wildman–Crippen LogP) is -0.155. The molecule has 12 heavy (non-hydrogen) atoms. The maximum absolute atomic E-state index is 10.6. The van der Waals surface area contributed by atoms with Crippen molar-refractivity contribution < 1.29 is 15.0 Å². The van der Waals surface area contributed by atoms with E-state index >= 15 is 0 Å². The first-order valence-electron chi connectivity index (χ1n) is 3.36. The summed E-state index contributed by atoms with van der Waals surface area (Å²) in [5, 5.41) is 19.1. The van der Waals surface area contributed by atoms with Crippen molar-refractivity contribution in [1.29, 1.82) is 0 Å². The monoisotopic (exact) mass is 166 g/mol. The molecular weight excluding hydrogens is 158 g/mol. The smallest absolute Gasteiger partial charge is 0.325 e. The van der Waals surface area contributed by atoms with Crippen molar-refractivity contribution in [1.82, 2.24) is 0 Å². The fourth-order valence-corrected chi connectivity index (χ4v) is 0.818. The Labute approximate surface area is 69.3 Å². The van der Waals surface area contributed by atoms with Gasteiger partial charge in [-0.1, -0.05) is 24.3 Å². The van der Waals surface area contributed by atoms with E-state index in [0.29, 0.717) is 5.56 Å². The number of carboxylic acids is 1. The highest BCUT2D eigenvalue weighted by Crippen LogP contribution is 2.13. The van der Waals surface area contributed by atoms with Gasteiger partial charge in [-0.3, -0.25) is 4.79 Å². The van der Waals surface area contributed by atoms with Gasteiger partial charge < -0.3 is 15.9 Å². The molecule has 0 bridgehead atoms. The Bertz CT molecular complexity index is 281. The summed E-state index contributed by atoms with van der Waals surface area (Å²) in [7, 11) is 0. The van der Waals surface area contributed by atoms with E-state index in [1.54, 1.807) is 0 Å². The summed E-state index contributed by atoms with van der Waals surface area (Å²) in [6.45, 7) is 0. The van der Waals surface area contributed by atoms with Crippen LogP contribution in [0.5, 0.6) is 5.75 Å². The fraction of sp³-hybridized carbons (Fsp3) is 0.125. The summed E-state index contributed by atoms with van der Waals surface area (Å²) >= 11 is 0. The number of aliphatic carboxylic acids is 1. The minimum atomic E-state index is -1.10. The molecule has 0 amide bonds. The highest BCUT2D eigenvalue weighted by molar-refractivity contribution is 5.75. The molecule has 0 saturated heterocycles. The lowest BCUT2D eigenvalue weighted by Crippen LogP contribution is -2.20. The predicted molar refractivity (Wildman–Crippen MR) is 40.5 cm³/mol. The van der Waals surface area contributed by atoms with Crippen molar-refractivity contribution in [3.8, 4) is 5.75 Å². The van der Waals surface area contributed by atoms with Crippen LogP contribution >= 0.6 is 0 Å². The Morgan fingerprint density at radius 2 is 1.92 bits per heavy atom. The van der Waals surface area contributed by atoms with Gasteiger partial charge in [-0.05, 0) is 5.56 Å². The maximum atomic E-state index is 10.6. The van der Waals surface area contributed by atoms with Crippen LogP contribution < -0.4 is 10.8 Å². The van der Waals surface area contributed by atoms with Crippen molar-refractivity contribution in [2.75, 3.05) is 0 Å². The first-order valence-corrected chi connectivity index (χ1v) is 3.36. The summed E-state index contributed by atoms with van der Waals surface area (Å²) in [5.74, 6) is -1.26. The summed E-state index contributed by atoms with van der Waals surface area (Å²) < 4.78 is 0. The number of hydrogen-bond donors (Lipinski definition) is 2. The van der Waals surface area contributed by atoms with Crippen molar-refractivity contribution in [3.63, 3.8) is 0 Å². The topological polar surface area (TPSA) is 86.4 Å². The SMILES string of the molecule is N[C@H](C(=O)O)c1ccc([O-])cc1. The standard InChI is InChI=1S/C8H9NO3/c9-7(8(11)12)5-1-3-6(10)4-2-5/h1-4,7,10H,9H2,(H,11,12)/p-1/t7-/m0/s1.